The maximum absolute atomic E-state index is 11.9. The number of hydrogen-bond acceptors (Lipinski definition) is 5. The van der Waals surface area contributed by atoms with Crippen molar-refractivity contribution in [1.29, 1.82) is 0 Å². The lowest BCUT2D eigenvalue weighted by molar-refractivity contribution is -0.146. The van der Waals surface area contributed by atoms with E-state index in [9.17, 15) is 19.2 Å². The fourth-order valence-electron chi connectivity index (χ4n) is 1.92. The Morgan fingerprint density at radius 1 is 1.19 bits per heavy atom. The van der Waals surface area contributed by atoms with E-state index in [0.717, 1.165) is 0 Å². The fourth-order valence-corrected chi connectivity index (χ4v) is 1.92. The highest BCUT2D eigenvalue weighted by atomic mass is 16.5. The van der Waals surface area contributed by atoms with Gasteiger partial charge in [0.05, 0.1) is 13.7 Å². The zero-order valence-corrected chi connectivity index (χ0v) is 11.1. The highest BCUT2D eigenvalue weighted by molar-refractivity contribution is 6.44. The van der Waals surface area contributed by atoms with Crippen molar-refractivity contribution in [3.8, 4) is 5.75 Å². The van der Waals surface area contributed by atoms with Crippen LogP contribution in [0.4, 0.5) is 4.79 Å². The molecule has 1 aromatic carbocycles. The van der Waals surface area contributed by atoms with Crippen molar-refractivity contribution in [2.45, 2.75) is 6.54 Å². The van der Waals surface area contributed by atoms with Gasteiger partial charge >= 0.3 is 23.8 Å². The number of carboxylic acids is 1. The molecule has 4 amide bonds. The number of carbonyl (C=O) groups excluding carboxylic acids is 3. The van der Waals surface area contributed by atoms with E-state index < -0.39 is 30.4 Å². The quantitative estimate of drug-likeness (QED) is 0.608. The molecule has 2 rings (SSSR count). The Bertz CT molecular complexity index is 627. The molecule has 1 heterocycles. The molecule has 0 aromatic heterocycles. The lowest BCUT2D eigenvalue weighted by Crippen LogP contribution is -2.36. The van der Waals surface area contributed by atoms with Gasteiger partial charge in [-0.1, -0.05) is 12.1 Å². The minimum absolute atomic E-state index is 0.128. The number of aliphatic carboxylic acids is 1. The highest BCUT2D eigenvalue weighted by Gasteiger charge is 2.45. The molecule has 110 valence electrons. The first-order valence-corrected chi connectivity index (χ1v) is 5.96. The summed E-state index contributed by atoms with van der Waals surface area (Å²) < 4.78 is 5.02. The average molecular weight is 292 g/mol. The summed E-state index contributed by atoms with van der Waals surface area (Å²) in [4.78, 5) is 47.0. The molecular weight excluding hydrogens is 280 g/mol. The Morgan fingerprint density at radius 3 is 2.48 bits per heavy atom. The fraction of sp³-hybridized carbons (Fsp3) is 0.231. The molecule has 0 bridgehead atoms. The molecule has 1 N–H and O–H groups in total. The second kappa shape index (κ2) is 5.61. The topological polar surface area (TPSA) is 104 Å². The van der Waals surface area contributed by atoms with Crippen molar-refractivity contribution in [3.63, 3.8) is 0 Å². The Morgan fingerprint density at radius 2 is 1.86 bits per heavy atom. The van der Waals surface area contributed by atoms with Gasteiger partial charge in [-0.25, -0.2) is 9.69 Å². The SMILES string of the molecule is COc1cccc(CN2C(=O)C(=O)N(CC(=O)O)C2=O)c1. The molecule has 21 heavy (non-hydrogen) atoms. The smallest absolute Gasteiger partial charge is 0.335 e. The molecule has 0 atom stereocenters. The van der Waals surface area contributed by atoms with Gasteiger partial charge in [-0.2, -0.15) is 0 Å². The molecule has 1 fully saturated rings. The van der Waals surface area contributed by atoms with Crippen molar-refractivity contribution < 1.29 is 29.0 Å². The summed E-state index contributed by atoms with van der Waals surface area (Å²) in [5, 5.41) is 8.65. The number of ether oxygens (including phenoxy) is 1. The van der Waals surface area contributed by atoms with Gasteiger partial charge in [0.1, 0.15) is 12.3 Å². The summed E-state index contributed by atoms with van der Waals surface area (Å²) in [5.74, 6) is -3.00. The van der Waals surface area contributed by atoms with Crippen LogP contribution < -0.4 is 4.74 Å². The number of benzene rings is 1. The lowest BCUT2D eigenvalue weighted by Gasteiger charge is -2.14. The summed E-state index contributed by atoms with van der Waals surface area (Å²) in [6.45, 7) is -0.964. The molecule has 0 unspecified atom stereocenters. The first-order valence-electron chi connectivity index (χ1n) is 5.96. The van der Waals surface area contributed by atoms with Crippen LogP contribution >= 0.6 is 0 Å². The van der Waals surface area contributed by atoms with Gasteiger partial charge < -0.3 is 9.84 Å². The summed E-state index contributed by atoms with van der Waals surface area (Å²) in [6.07, 6.45) is 0. The molecule has 1 aliphatic rings. The number of hydrogen-bond donors (Lipinski definition) is 1. The average Bonchev–Trinajstić information content (AvgIpc) is 2.65. The molecular formula is C13H12N2O6. The number of amides is 4. The number of carbonyl (C=O) groups is 4. The maximum Gasteiger partial charge on any atom is 0.335 e. The van der Waals surface area contributed by atoms with Crippen LogP contribution in [0.5, 0.6) is 5.75 Å². The largest absolute Gasteiger partial charge is 0.497 e. The van der Waals surface area contributed by atoms with Gasteiger partial charge in [-0.05, 0) is 17.7 Å². The Hall–Kier alpha value is -2.90. The number of urea groups is 1. The van der Waals surface area contributed by atoms with Gasteiger partial charge in [0.25, 0.3) is 0 Å². The minimum atomic E-state index is -1.37. The van der Waals surface area contributed by atoms with Crippen LogP contribution in [0.1, 0.15) is 5.56 Å². The molecule has 8 heteroatoms. The Kier molecular flexibility index (Phi) is 3.88. The predicted octanol–water partition coefficient (Wildman–Crippen LogP) is 0.0706. The maximum atomic E-state index is 11.9. The second-order valence-electron chi connectivity index (χ2n) is 4.31. The number of rotatable bonds is 5. The van der Waals surface area contributed by atoms with Crippen LogP contribution in [0.2, 0.25) is 0 Å². The van der Waals surface area contributed by atoms with E-state index in [2.05, 4.69) is 0 Å². The van der Waals surface area contributed by atoms with Gasteiger partial charge in [0, 0.05) is 0 Å². The van der Waals surface area contributed by atoms with E-state index in [4.69, 9.17) is 9.84 Å². The van der Waals surface area contributed by atoms with Crippen LogP contribution in [0, 0.1) is 0 Å². The van der Waals surface area contributed by atoms with E-state index in [1.807, 2.05) is 0 Å². The third kappa shape index (κ3) is 2.83. The van der Waals surface area contributed by atoms with Crippen molar-refractivity contribution in [1.82, 2.24) is 9.80 Å². The van der Waals surface area contributed by atoms with Gasteiger partial charge in [0.15, 0.2) is 0 Å². The van der Waals surface area contributed by atoms with Crippen LogP contribution in [0.25, 0.3) is 0 Å². The van der Waals surface area contributed by atoms with E-state index in [1.165, 1.54) is 7.11 Å². The van der Waals surface area contributed by atoms with Crippen molar-refractivity contribution in [3.05, 3.63) is 29.8 Å². The molecule has 0 spiro atoms. The summed E-state index contributed by atoms with van der Waals surface area (Å²) in [5.41, 5.74) is 0.584. The van der Waals surface area contributed by atoms with Gasteiger partial charge in [-0.3, -0.25) is 19.3 Å². The summed E-state index contributed by atoms with van der Waals surface area (Å²) >= 11 is 0. The molecule has 8 nitrogen and oxygen atoms in total. The third-order valence-electron chi connectivity index (χ3n) is 2.90. The minimum Gasteiger partial charge on any atom is -0.497 e. The van der Waals surface area contributed by atoms with Crippen molar-refractivity contribution >= 4 is 23.8 Å². The number of carboxylic acid groups (broad SMARTS) is 1. The second-order valence-corrected chi connectivity index (χ2v) is 4.31. The lowest BCUT2D eigenvalue weighted by atomic mass is 10.2. The van der Waals surface area contributed by atoms with Gasteiger partial charge in [0.2, 0.25) is 0 Å². The molecule has 1 saturated heterocycles. The molecule has 1 aromatic rings. The first-order chi connectivity index (χ1) is 9.93. The highest BCUT2D eigenvalue weighted by Crippen LogP contribution is 2.18. The summed E-state index contributed by atoms with van der Waals surface area (Å²) in [6, 6.07) is 5.71. The van der Waals surface area contributed by atoms with E-state index in [0.29, 0.717) is 21.1 Å². The van der Waals surface area contributed by atoms with Crippen LogP contribution in [0.3, 0.4) is 0 Å². The van der Waals surface area contributed by atoms with Crippen molar-refractivity contribution in [2.75, 3.05) is 13.7 Å². The Labute approximate surface area is 119 Å². The van der Waals surface area contributed by atoms with Crippen LogP contribution in [0.15, 0.2) is 24.3 Å². The third-order valence-corrected chi connectivity index (χ3v) is 2.90. The number of methoxy groups -OCH3 is 1. The number of nitrogens with zero attached hydrogens (tertiary/aromatic N) is 2. The molecule has 0 radical (unpaired) electrons. The first kappa shape index (κ1) is 14.5. The van der Waals surface area contributed by atoms with Crippen LogP contribution in [-0.4, -0.2) is 52.4 Å². The van der Waals surface area contributed by atoms with E-state index in [1.54, 1.807) is 24.3 Å². The monoisotopic (exact) mass is 292 g/mol. The molecule has 1 aliphatic heterocycles. The Balaban J connectivity index is 2.20. The molecule has 0 saturated carbocycles. The van der Waals surface area contributed by atoms with E-state index in [-0.39, 0.29) is 6.54 Å². The van der Waals surface area contributed by atoms with E-state index >= 15 is 0 Å². The predicted molar refractivity (Wildman–Crippen MR) is 68.3 cm³/mol. The number of imide groups is 2. The molecule has 0 aliphatic carbocycles. The van der Waals surface area contributed by atoms with Gasteiger partial charge in [-0.15, -0.1) is 0 Å². The zero-order chi connectivity index (χ0) is 15.6. The summed E-state index contributed by atoms with van der Waals surface area (Å²) in [7, 11) is 1.48. The normalized spacial score (nSPS) is 14.8. The zero-order valence-electron chi connectivity index (χ0n) is 11.1. The van der Waals surface area contributed by atoms with Crippen molar-refractivity contribution in [2.24, 2.45) is 0 Å². The van der Waals surface area contributed by atoms with Crippen LogP contribution in [-0.2, 0) is 20.9 Å². The standard InChI is InChI=1S/C13H12N2O6/c1-21-9-4-2-3-8(5-9)6-14-11(18)12(19)15(13(14)20)7-10(16)17/h2-5H,6-7H2,1H3,(H,16,17).